The van der Waals surface area contributed by atoms with Gasteiger partial charge in [-0.1, -0.05) is 37.3 Å². The Morgan fingerprint density at radius 3 is 2.62 bits per heavy atom. The van der Waals surface area contributed by atoms with Crippen LogP contribution >= 0.6 is 0 Å². The van der Waals surface area contributed by atoms with Gasteiger partial charge in [-0.25, -0.2) is 14.2 Å². The zero-order valence-corrected chi connectivity index (χ0v) is 19.5. The predicted molar refractivity (Wildman–Crippen MR) is 126 cm³/mol. The molecule has 2 unspecified atom stereocenters. The number of nitrogens with zero attached hydrogens (tertiary/aromatic N) is 2. The smallest absolute Gasteiger partial charge is 0.407 e. The number of hydrogen-bond acceptors (Lipinski definition) is 4. The van der Waals surface area contributed by atoms with Crippen molar-refractivity contribution in [3.63, 3.8) is 0 Å². The largest absolute Gasteiger partial charge is 0.465 e. The Labute approximate surface area is 198 Å². The van der Waals surface area contributed by atoms with Crippen LogP contribution in [-0.2, 0) is 0 Å². The van der Waals surface area contributed by atoms with E-state index in [1.165, 1.54) is 13.1 Å². The van der Waals surface area contributed by atoms with Crippen molar-refractivity contribution in [2.75, 3.05) is 26.7 Å². The van der Waals surface area contributed by atoms with Crippen molar-refractivity contribution in [2.24, 2.45) is 0 Å². The molecule has 0 bridgehead atoms. The van der Waals surface area contributed by atoms with Gasteiger partial charge >= 0.3 is 6.09 Å². The Bertz CT molecular complexity index is 1030. The van der Waals surface area contributed by atoms with Crippen LogP contribution in [0.1, 0.15) is 70.6 Å². The van der Waals surface area contributed by atoms with E-state index in [1.54, 1.807) is 6.07 Å². The predicted octanol–water partition coefficient (Wildman–Crippen LogP) is 3.59. The second-order valence-corrected chi connectivity index (χ2v) is 8.70. The van der Waals surface area contributed by atoms with Gasteiger partial charge < -0.3 is 20.6 Å². The number of carbonyl (C=O) groups excluding carboxylic acids is 2. The second kappa shape index (κ2) is 11.1. The number of halogens is 1. The number of alkyl halides is 1. The monoisotopic (exact) mass is 470 g/mol. The van der Waals surface area contributed by atoms with Crippen LogP contribution in [-0.4, -0.2) is 65.2 Å². The van der Waals surface area contributed by atoms with Gasteiger partial charge in [0.1, 0.15) is 11.4 Å². The number of aromatic nitrogens is 1. The normalized spacial score (nSPS) is 18.7. The van der Waals surface area contributed by atoms with Crippen molar-refractivity contribution in [1.82, 2.24) is 20.5 Å². The highest BCUT2D eigenvalue weighted by Gasteiger charge is 2.36. The first-order valence-electron chi connectivity index (χ1n) is 11.5. The molecule has 1 aromatic carbocycles. The molecule has 0 spiro atoms. The topological polar surface area (TPSA) is 112 Å². The van der Waals surface area contributed by atoms with Gasteiger partial charge in [0.15, 0.2) is 0 Å². The lowest BCUT2D eigenvalue weighted by Gasteiger charge is -2.36. The quantitative estimate of drug-likeness (QED) is 0.511. The van der Waals surface area contributed by atoms with E-state index < -0.39 is 17.7 Å². The molecule has 3 amide bonds. The van der Waals surface area contributed by atoms with Crippen molar-refractivity contribution in [2.45, 2.75) is 44.2 Å². The van der Waals surface area contributed by atoms with E-state index >= 15 is 4.39 Å². The number of piperidine rings is 1. The molecular weight excluding hydrogens is 439 g/mol. The fourth-order valence-corrected chi connectivity index (χ4v) is 4.23. The molecule has 2 aromatic rings. The molecule has 182 valence electrons. The maximum atomic E-state index is 15.0. The molecule has 3 rings (SSSR count). The molecule has 8 nitrogen and oxygen atoms in total. The summed E-state index contributed by atoms with van der Waals surface area (Å²) < 4.78 is 15.0. The van der Waals surface area contributed by atoms with E-state index in [-0.39, 0.29) is 37.0 Å². The number of nitrogens with one attached hydrogen (secondary N) is 2. The fourth-order valence-electron chi connectivity index (χ4n) is 4.23. The molecule has 0 aliphatic carbocycles. The van der Waals surface area contributed by atoms with Crippen LogP contribution in [0.2, 0.25) is 0 Å². The van der Waals surface area contributed by atoms with Crippen LogP contribution in [0.15, 0.2) is 42.5 Å². The van der Waals surface area contributed by atoms with Crippen LogP contribution in [0.25, 0.3) is 0 Å². The SMILES string of the molecule is CNC(=O)c1cc(C(=O)NCCCC2(F)CCCN(C(=O)O)C2)cc(C(C)c2ccccc2)n1. The molecule has 9 heteroatoms. The van der Waals surface area contributed by atoms with Crippen molar-refractivity contribution in [3.8, 4) is 0 Å². The molecule has 2 atom stereocenters. The molecule has 2 heterocycles. The van der Waals surface area contributed by atoms with E-state index in [2.05, 4.69) is 15.6 Å². The minimum Gasteiger partial charge on any atom is -0.465 e. The first-order valence-corrected chi connectivity index (χ1v) is 11.5. The lowest BCUT2D eigenvalue weighted by molar-refractivity contribution is 0.0378. The summed E-state index contributed by atoms with van der Waals surface area (Å²) in [6, 6.07) is 12.8. The summed E-state index contributed by atoms with van der Waals surface area (Å²) in [6.45, 7) is 2.39. The third-order valence-electron chi connectivity index (χ3n) is 6.20. The van der Waals surface area contributed by atoms with Gasteiger partial charge in [0, 0.05) is 37.3 Å². The van der Waals surface area contributed by atoms with Gasteiger partial charge in [-0.2, -0.15) is 0 Å². The van der Waals surface area contributed by atoms with Crippen LogP contribution in [0.3, 0.4) is 0 Å². The Balaban J connectivity index is 1.66. The molecule has 1 aliphatic heterocycles. The molecule has 0 radical (unpaired) electrons. The number of pyridine rings is 1. The second-order valence-electron chi connectivity index (χ2n) is 8.70. The summed E-state index contributed by atoms with van der Waals surface area (Å²) >= 11 is 0. The Kier molecular flexibility index (Phi) is 8.20. The van der Waals surface area contributed by atoms with Gasteiger partial charge in [0.2, 0.25) is 0 Å². The average molecular weight is 471 g/mol. The third-order valence-corrected chi connectivity index (χ3v) is 6.20. The number of benzene rings is 1. The van der Waals surface area contributed by atoms with E-state index in [0.717, 1.165) is 10.5 Å². The van der Waals surface area contributed by atoms with Crippen LogP contribution in [0.5, 0.6) is 0 Å². The van der Waals surface area contributed by atoms with E-state index in [4.69, 9.17) is 5.11 Å². The molecule has 1 fully saturated rings. The number of carbonyl (C=O) groups is 3. The number of carboxylic acid groups (broad SMARTS) is 1. The zero-order valence-electron chi connectivity index (χ0n) is 19.5. The highest BCUT2D eigenvalue weighted by atomic mass is 19.1. The highest BCUT2D eigenvalue weighted by Crippen LogP contribution is 2.30. The molecule has 1 saturated heterocycles. The van der Waals surface area contributed by atoms with Gasteiger partial charge in [0.05, 0.1) is 6.54 Å². The molecule has 0 saturated carbocycles. The van der Waals surface area contributed by atoms with Crippen LogP contribution < -0.4 is 10.6 Å². The number of rotatable bonds is 8. The number of likely N-dealkylation sites (tertiary alicyclic amines) is 1. The van der Waals surface area contributed by atoms with Crippen molar-refractivity contribution in [3.05, 3.63) is 65.0 Å². The van der Waals surface area contributed by atoms with Crippen molar-refractivity contribution < 1.29 is 23.9 Å². The minimum absolute atomic E-state index is 0.132. The maximum Gasteiger partial charge on any atom is 0.407 e. The maximum absolute atomic E-state index is 15.0. The van der Waals surface area contributed by atoms with Crippen molar-refractivity contribution >= 4 is 17.9 Å². The number of amides is 3. The van der Waals surface area contributed by atoms with Crippen molar-refractivity contribution in [1.29, 1.82) is 0 Å². The average Bonchev–Trinajstić information content (AvgIpc) is 2.85. The zero-order chi connectivity index (χ0) is 24.7. The number of hydrogen-bond donors (Lipinski definition) is 3. The summed E-state index contributed by atoms with van der Waals surface area (Å²) in [5.41, 5.74) is 0.466. The van der Waals surface area contributed by atoms with E-state index in [1.807, 2.05) is 37.3 Å². The summed E-state index contributed by atoms with van der Waals surface area (Å²) in [7, 11) is 1.50. The minimum atomic E-state index is -1.58. The van der Waals surface area contributed by atoms with Gasteiger partial charge in [-0.3, -0.25) is 9.59 Å². The molecule has 1 aromatic heterocycles. The first kappa shape index (κ1) is 25.1. The summed E-state index contributed by atoms with van der Waals surface area (Å²) in [5, 5.41) is 14.4. The molecular formula is C25H31FN4O4. The first-order chi connectivity index (χ1) is 16.2. The summed E-state index contributed by atoms with van der Waals surface area (Å²) in [5.74, 6) is -0.902. The lowest BCUT2D eigenvalue weighted by Crippen LogP contribution is -2.47. The van der Waals surface area contributed by atoms with E-state index in [0.29, 0.717) is 37.1 Å². The van der Waals surface area contributed by atoms with Gasteiger partial charge in [-0.15, -0.1) is 0 Å². The van der Waals surface area contributed by atoms with Crippen LogP contribution in [0.4, 0.5) is 9.18 Å². The Morgan fingerprint density at radius 1 is 1.21 bits per heavy atom. The van der Waals surface area contributed by atoms with Gasteiger partial charge in [-0.05, 0) is 43.4 Å². The lowest BCUT2D eigenvalue weighted by atomic mass is 9.90. The van der Waals surface area contributed by atoms with E-state index in [9.17, 15) is 14.4 Å². The molecule has 1 aliphatic rings. The highest BCUT2D eigenvalue weighted by molar-refractivity contribution is 5.98. The summed E-state index contributed by atoms with van der Waals surface area (Å²) in [4.78, 5) is 41.8. The summed E-state index contributed by atoms with van der Waals surface area (Å²) in [6.07, 6.45) is 0.214. The third kappa shape index (κ3) is 6.30. The van der Waals surface area contributed by atoms with Gasteiger partial charge in [0.25, 0.3) is 11.8 Å². The Hall–Kier alpha value is -3.49. The molecule has 34 heavy (non-hydrogen) atoms. The fraction of sp³-hybridized carbons (Fsp3) is 0.440. The van der Waals surface area contributed by atoms with Crippen LogP contribution in [0, 0.1) is 0 Å². The molecule has 3 N–H and O–H groups in total. The Morgan fingerprint density at radius 2 is 1.94 bits per heavy atom. The standard InChI is InChI=1S/C25H31FN4O4/c1-17(18-8-4-3-5-9-18)20-14-19(15-21(29-20)23(32)27-2)22(31)28-12-6-10-25(26)11-7-13-30(16-25)24(33)34/h3-5,8-9,14-15,17H,6-7,10-13,16H2,1-2H3,(H,27,32)(H,28,31)(H,33,34).